The molecule has 0 spiro atoms. The van der Waals surface area contributed by atoms with Crippen molar-refractivity contribution < 1.29 is 18.4 Å². The van der Waals surface area contributed by atoms with Gasteiger partial charge in [-0.25, -0.2) is 8.78 Å². The molecule has 2 aliphatic rings. The standard InChI is InChI=1S/C23H24F2N2O2S/c1-15-21(28)27(23(30-15)18-3-2-4-20(25)13-18)14-16-9-11-26(12-10-16)22(29)17-5-7-19(24)8-6-17/h2-8,13,15-16,23H,9-12,14H2,1H3. The zero-order chi connectivity index (χ0) is 21.3. The molecule has 2 aromatic rings. The number of rotatable bonds is 4. The van der Waals surface area contributed by atoms with Crippen LogP contribution in [0.3, 0.4) is 0 Å². The van der Waals surface area contributed by atoms with Gasteiger partial charge in [0.25, 0.3) is 5.91 Å². The molecule has 2 aliphatic heterocycles. The van der Waals surface area contributed by atoms with Gasteiger partial charge in [-0.1, -0.05) is 12.1 Å². The van der Waals surface area contributed by atoms with Crippen LogP contribution in [0.25, 0.3) is 0 Å². The molecule has 7 heteroatoms. The first-order valence-corrected chi connectivity index (χ1v) is 11.1. The van der Waals surface area contributed by atoms with E-state index in [1.807, 2.05) is 17.9 Å². The summed E-state index contributed by atoms with van der Waals surface area (Å²) in [7, 11) is 0. The minimum absolute atomic E-state index is 0.0825. The third-order valence-corrected chi connectivity index (χ3v) is 7.22. The topological polar surface area (TPSA) is 40.6 Å². The average molecular weight is 431 g/mol. The van der Waals surface area contributed by atoms with Crippen molar-refractivity contribution in [3.05, 3.63) is 71.3 Å². The number of hydrogen-bond donors (Lipinski definition) is 0. The van der Waals surface area contributed by atoms with Gasteiger partial charge in [-0.15, -0.1) is 11.8 Å². The van der Waals surface area contributed by atoms with Gasteiger partial charge in [-0.3, -0.25) is 9.59 Å². The number of benzene rings is 2. The molecule has 2 aromatic carbocycles. The highest BCUT2D eigenvalue weighted by Gasteiger charge is 2.40. The SMILES string of the molecule is CC1SC(c2cccc(F)c2)N(CC2CCN(C(=O)c3ccc(F)cc3)CC2)C1=O. The third kappa shape index (κ3) is 4.36. The second kappa shape index (κ2) is 8.76. The van der Waals surface area contributed by atoms with E-state index >= 15 is 0 Å². The number of hydrogen-bond acceptors (Lipinski definition) is 3. The summed E-state index contributed by atoms with van der Waals surface area (Å²) in [5.41, 5.74) is 1.29. The average Bonchev–Trinajstić information content (AvgIpc) is 3.03. The van der Waals surface area contributed by atoms with E-state index in [2.05, 4.69) is 0 Å². The summed E-state index contributed by atoms with van der Waals surface area (Å²) in [6.07, 6.45) is 1.59. The summed E-state index contributed by atoms with van der Waals surface area (Å²) < 4.78 is 26.8. The number of carbonyl (C=O) groups is 2. The molecule has 4 rings (SSSR count). The fraction of sp³-hybridized carbons (Fsp3) is 0.391. The molecule has 158 valence electrons. The fourth-order valence-electron chi connectivity index (χ4n) is 4.15. The van der Waals surface area contributed by atoms with Crippen LogP contribution in [0, 0.1) is 17.6 Å². The monoisotopic (exact) mass is 430 g/mol. The first-order chi connectivity index (χ1) is 14.4. The highest BCUT2D eigenvalue weighted by atomic mass is 32.2. The van der Waals surface area contributed by atoms with Gasteiger partial charge in [-0.2, -0.15) is 0 Å². The second-order valence-corrected chi connectivity index (χ2v) is 9.34. The quantitative estimate of drug-likeness (QED) is 0.718. The van der Waals surface area contributed by atoms with E-state index in [-0.39, 0.29) is 40.0 Å². The van der Waals surface area contributed by atoms with Gasteiger partial charge in [-0.05, 0) is 67.6 Å². The number of carbonyl (C=O) groups excluding carboxylic acids is 2. The molecule has 0 saturated carbocycles. The van der Waals surface area contributed by atoms with Gasteiger partial charge in [0.2, 0.25) is 5.91 Å². The fourth-order valence-corrected chi connectivity index (χ4v) is 5.43. The van der Waals surface area contributed by atoms with Crippen LogP contribution in [0.15, 0.2) is 48.5 Å². The van der Waals surface area contributed by atoms with E-state index in [1.54, 1.807) is 22.7 Å². The Morgan fingerprint density at radius 3 is 2.43 bits per heavy atom. The van der Waals surface area contributed by atoms with Crippen molar-refractivity contribution in [3.63, 3.8) is 0 Å². The molecule has 2 unspecified atom stereocenters. The van der Waals surface area contributed by atoms with Crippen LogP contribution >= 0.6 is 11.8 Å². The van der Waals surface area contributed by atoms with E-state index in [9.17, 15) is 18.4 Å². The summed E-state index contributed by atoms with van der Waals surface area (Å²) in [6, 6.07) is 12.1. The largest absolute Gasteiger partial charge is 0.339 e. The van der Waals surface area contributed by atoms with Gasteiger partial charge in [0, 0.05) is 25.2 Å². The molecule has 0 aromatic heterocycles. The lowest BCUT2D eigenvalue weighted by Crippen LogP contribution is -2.42. The number of halogens is 2. The van der Waals surface area contributed by atoms with E-state index in [1.165, 1.54) is 36.4 Å². The second-order valence-electron chi connectivity index (χ2n) is 7.92. The normalized spacial score (nSPS) is 22.6. The van der Waals surface area contributed by atoms with Crippen molar-refractivity contribution in [1.29, 1.82) is 0 Å². The minimum atomic E-state index is -0.361. The Bertz CT molecular complexity index is 929. The molecule has 2 fully saturated rings. The third-order valence-electron chi connectivity index (χ3n) is 5.83. The van der Waals surface area contributed by atoms with E-state index in [4.69, 9.17) is 0 Å². The predicted octanol–water partition coefficient (Wildman–Crippen LogP) is 4.48. The maximum Gasteiger partial charge on any atom is 0.253 e. The predicted molar refractivity (Wildman–Crippen MR) is 113 cm³/mol. The summed E-state index contributed by atoms with van der Waals surface area (Å²) in [5, 5.41) is -0.333. The molecular weight excluding hydrogens is 406 g/mol. The summed E-state index contributed by atoms with van der Waals surface area (Å²) in [4.78, 5) is 29.0. The lowest BCUT2D eigenvalue weighted by atomic mass is 9.95. The molecular formula is C23H24F2N2O2S. The Morgan fingerprint density at radius 2 is 1.77 bits per heavy atom. The van der Waals surface area contributed by atoms with Crippen LogP contribution in [0.2, 0.25) is 0 Å². The van der Waals surface area contributed by atoms with Crippen molar-refractivity contribution in [3.8, 4) is 0 Å². The van der Waals surface area contributed by atoms with E-state index in [0.29, 0.717) is 25.2 Å². The van der Waals surface area contributed by atoms with Gasteiger partial charge >= 0.3 is 0 Å². The number of piperidine rings is 1. The Balaban J connectivity index is 1.39. The summed E-state index contributed by atoms with van der Waals surface area (Å²) >= 11 is 1.55. The smallest absolute Gasteiger partial charge is 0.253 e. The Labute approximate surface area is 179 Å². The van der Waals surface area contributed by atoms with Crippen LogP contribution in [0.5, 0.6) is 0 Å². The van der Waals surface area contributed by atoms with Gasteiger partial charge in [0.05, 0.1) is 5.25 Å². The lowest BCUT2D eigenvalue weighted by molar-refractivity contribution is -0.130. The number of thioether (sulfide) groups is 1. The molecule has 2 amide bonds. The maximum atomic E-state index is 13.7. The Morgan fingerprint density at radius 1 is 1.07 bits per heavy atom. The molecule has 2 saturated heterocycles. The molecule has 0 bridgehead atoms. The zero-order valence-electron chi connectivity index (χ0n) is 16.8. The minimum Gasteiger partial charge on any atom is -0.339 e. The van der Waals surface area contributed by atoms with Crippen LogP contribution in [-0.2, 0) is 4.79 Å². The zero-order valence-corrected chi connectivity index (χ0v) is 17.6. The van der Waals surface area contributed by atoms with Crippen molar-refractivity contribution in [2.24, 2.45) is 5.92 Å². The Kier molecular flexibility index (Phi) is 6.09. The van der Waals surface area contributed by atoms with Crippen molar-refractivity contribution in [1.82, 2.24) is 9.80 Å². The first-order valence-electron chi connectivity index (χ1n) is 10.2. The van der Waals surface area contributed by atoms with Gasteiger partial charge in [0.15, 0.2) is 0 Å². The highest BCUT2D eigenvalue weighted by Crippen LogP contribution is 2.43. The van der Waals surface area contributed by atoms with Crippen molar-refractivity contribution in [2.45, 2.75) is 30.4 Å². The first kappa shape index (κ1) is 20.8. The number of likely N-dealkylation sites (tertiary alicyclic amines) is 1. The molecule has 30 heavy (non-hydrogen) atoms. The van der Waals surface area contributed by atoms with E-state index < -0.39 is 0 Å². The van der Waals surface area contributed by atoms with Gasteiger partial charge in [0.1, 0.15) is 17.0 Å². The van der Waals surface area contributed by atoms with Crippen molar-refractivity contribution >= 4 is 23.6 Å². The molecule has 2 heterocycles. The van der Waals surface area contributed by atoms with Crippen LogP contribution in [-0.4, -0.2) is 46.5 Å². The van der Waals surface area contributed by atoms with Crippen LogP contribution in [0.4, 0.5) is 8.78 Å². The number of nitrogens with zero attached hydrogens (tertiary/aromatic N) is 2. The molecule has 0 radical (unpaired) electrons. The van der Waals surface area contributed by atoms with Crippen molar-refractivity contribution in [2.75, 3.05) is 19.6 Å². The molecule has 0 N–H and O–H groups in total. The maximum absolute atomic E-state index is 13.7. The highest BCUT2D eigenvalue weighted by molar-refractivity contribution is 8.01. The van der Waals surface area contributed by atoms with Crippen LogP contribution in [0.1, 0.15) is 41.1 Å². The Hall–Kier alpha value is -2.41. The summed E-state index contributed by atoms with van der Waals surface area (Å²) in [5.74, 6) is -0.382. The molecule has 2 atom stereocenters. The molecule has 4 nitrogen and oxygen atoms in total. The molecule has 0 aliphatic carbocycles. The summed E-state index contributed by atoms with van der Waals surface area (Å²) in [6.45, 7) is 3.71. The lowest BCUT2D eigenvalue weighted by Gasteiger charge is -2.35. The van der Waals surface area contributed by atoms with E-state index in [0.717, 1.165) is 18.4 Å². The van der Waals surface area contributed by atoms with Gasteiger partial charge < -0.3 is 9.80 Å². The number of amides is 2. The van der Waals surface area contributed by atoms with Crippen LogP contribution < -0.4 is 0 Å².